The van der Waals surface area contributed by atoms with Gasteiger partial charge < -0.3 is 9.84 Å². The minimum Gasteiger partial charge on any atom is -0.493 e. The Morgan fingerprint density at radius 1 is 1.29 bits per heavy atom. The minimum absolute atomic E-state index is 0.472. The number of fused-ring (bicyclic) bond motifs is 1. The summed E-state index contributed by atoms with van der Waals surface area (Å²) in [5.74, 6) is 0.812. The molecule has 2 saturated heterocycles. The quantitative estimate of drug-likeness (QED) is 0.898. The Labute approximate surface area is 127 Å². The lowest BCUT2D eigenvalue weighted by atomic mass is 10.1. The van der Waals surface area contributed by atoms with Crippen LogP contribution >= 0.6 is 0 Å². The van der Waals surface area contributed by atoms with Crippen molar-refractivity contribution in [2.45, 2.75) is 31.9 Å². The zero-order chi connectivity index (χ0) is 14.7. The third-order valence-electron chi connectivity index (χ3n) is 4.68. The molecule has 116 valence electrons. The third-order valence-corrected chi connectivity index (χ3v) is 4.68. The first kappa shape index (κ1) is 14.8. The van der Waals surface area contributed by atoms with Crippen LogP contribution in [0, 0.1) is 0 Å². The fraction of sp³-hybridized carbons (Fsp3) is 0.647. The van der Waals surface area contributed by atoms with E-state index in [4.69, 9.17) is 4.74 Å². The lowest BCUT2D eigenvalue weighted by Crippen LogP contribution is -2.50. The van der Waals surface area contributed by atoms with Crippen LogP contribution in [0.2, 0.25) is 0 Å². The molecule has 0 bridgehead atoms. The molecule has 1 aromatic rings. The van der Waals surface area contributed by atoms with Gasteiger partial charge in [-0.3, -0.25) is 9.80 Å². The summed E-state index contributed by atoms with van der Waals surface area (Å²) in [7, 11) is 0. The van der Waals surface area contributed by atoms with Gasteiger partial charge in [-0.25, -0.2) is 0 Å². The molecule has 2 atom stereocenters. The van der Waals surface area contributed by atoms with Crippen LogP contribution in [0.1, 0.15) is 31.4 Å². The highest BCUT2D eigenvalue weighted by molar-refractivity contribution is 5.35. The number of β-amino-alcohol motifs (C(OH)–C–C–N with tert-alkyl or cyclic N) is 1. The lowest BCUT2D eigenvalue weighted by Gasteiger charge is -2.38. The van der Waals surface area contributed by atoms with E-state index >= 15 is 0 Å². The van der Waals surface area contributed by atoms with Gasteiger partial charge in [0.05, 0.1) is 12.7 Å². The fourth-order valence-electron chi connectivity index (χ4n) is 3.61. The molecular weight excluding hydrogens is 264 g/mol. The molecule has 2 unspecified atom stereocenters. The molecule has 2 aliphatic heterocycles. The van der Waals surface area contributed by atoms with Gasteiger partial charge in [0, 0.05) is 37.8 Å². The van der Waals surface area contributed by atoms with Crippen LogP contribution in [0.4, 0.5) is 0 Å². The van der Waals surface area contributed by atoms with Gasteiger partial charge in [-0.15, -0.1) is 0 Å². The van der Waals surface area contributed by atoms with Crippen LogP contribution in [0.15, 0.2) is 24.3 Å². The second-order valence-electron chi connectivity index (χ2n) is 6.08. The first-order chi connectivity index (χ1) is 10.3. The van der Waals surface area contributed by atoms with Gasteiger partial charge in [-0.1, -0.05) is 18.2 Å². The Hall–Kier alpha value is -1.10. The van der Waals surface area contributed by atoms with Gasteiger partial charge in [0.25, 0.3) is 0 Å². The van der Waals surface area contributed by atoms with Gasteiger partial charge in [0.15, 0.2) is 0 Å². The largest absolute Gasteiger partial charge is 0.493 e. The van der Waals surface area contributed by atoms with E-state index in [0.717, 1.165) is 30.9 Å². The van der Waals surface area contributed by atoms with E-state index in [1.165, 1.54) is 19.4 Å². The zero-order valence-electron chi connectivity index (χ0n) is 12.9. The maximum atomic E-state index is 10.6. The van der Waals surface area contributed by atoms with E-state index < -0.39 is 6.10 Å². The molecule has 0 saturated carbocycles. The van der Waals surface area contributed by atoms with Gasteiger partial charge in [0.1, 0.15) is 5.75 Å². The minimum atomic E-state index is -0.472. The molecular formula is C17H26N2O2. The number of rotatable bonds is 5. The molecule has 3 rings (SSSR count). The van der Waals surface area contributed by atoms with Crippen LogP contribution < -0.4 is 4.74 Å². The number of aliphatic hydroxyl groups excluding tert-OH is 1. The van der Waals surface area contributed by atoms with Crippen LogP contribution in [0.5, 0.6) is 5.75 Å². The van der Waals surface area contributed by atoms with Crippen LogP contribution in [0.25, 0.3) is 0 Å². The summed E-state index contributed by atoms with van der Waals surface area (Å²) >= 11 is 0. The maximum Gasteiger partial charge on any atom is 0.125 e. The highest BCUT2D eigenvalue weighted by Crippen LogP contribution is 2.27. The summed E-state index contributed by atoms with van der Waals surface area (Å²) in [6.45, 7) is 7.86. The van der Waals surface area contributed by atoms with Gasteiger partial charge >= 0.3 is 0 Å². The monoisotopic (exact) mass is 290 g/mol. The zero-order valence-corrected chi connectivity index (χ0v) is 12.9. The Bertz CT molecular complexity index is 466. The molecule has 1 aromatic carbocycles. The number of benzene rings is 1. The van der Waals surface area contributed by atoms with E-state index in [1.807, 2.05) is 31.2 Å². The molecule has 0 aromatic heterocycles. The number of piperazine rings is 1. The molecule has 0 radical (unpaired) electrons. The predicted molar refractivity (Wildman–Crippen MR) is 83.6 cm³/mol. The van der Waals surface area contributed by atoms with E-state index in [-0.39, 0.29) is 0 Å². The predicted octanol–water partition coefficient (Wildman–Crippen LogP) is 1.90. The van der Waals surface area contributed by atoms with Crippen molar-refractivity contribution in [3.63, 3.8) is 0 Å². The smallest absolute Gasteiger partial charge is 0.125 e. The maximum absolute atomic E-state index is 10.6. The molecule has 2 fully saturated rings. The summed E-state index contributed by atoms with van der Waals surface area (Å²) in [5, 5.41) is 10.6. The number of ether oxygens (including phenoxy) is 1. The molecule has 0 aliphatic carbocycles. The van der Waals surface area contributed by atoms with Gasteiger partial charge in [-0.05, 0) is 32.4 Å². The first-order valence-electron chi connectivity index (χ1n) is 8.14. The summed E-state index contributed by atoms with van der Waals surface area (Å²) in [6, 6.07) is 8.54. The van der Waals surface area contributed by atoms with Crippen molar-refractivity contribution in [3.8, 4) is 5.75 Å². The van der Waals surface area contributed by atoms with Gasteiger partial charge in [-0.2, -0.15) is 0 Å². The first-order valence-corrected chi connectivity index (χ1v) is 8.14. The topological polar surface area (TPSA) is 35.9 Å². The van der Waals surface area contributed by atoms with Crippen molar-refractivity contribution < 1.29 is 9.84 Å². The van der Waals surface area contributed by atoms with Crippen molar-refractivity contribution in [2.75, 3.05) is 39.3 Å². The number of hydrogen-bond donors (Lipinski definition) is 1. The number of aliphatic hydroxyl groups is 1. The van der Waals surface area contributed by atoms with E-state index in [0.29, 0.717) is 19.2 Å². The van der Waals surface area contributed by atoms with Crippen LogP contribution in [-0.2, 0) is 0 Å². The van der Waals surface area contributed by atoms with Crippen molar-refractivity contribution in [1.82, 2.24) is 9.80 Å². The van der Waals surface area contributed by atoms with E-state index in [9.17, 15) is 5.11 Å². The second kappa shape index (κ2) is 6.77. The highest BCUT2D eigenvalue weighted by Gasteiger charge is 2.31. The number of para-hydroxylation sites is 1. The third kappa shape index (κ3) is 3.39. The molecule has 0 amide bonds. The van der Waals surface area contributed by atoms with Crippen molar-refractivity contribution >= 4 is 0 Å². The molecule has 0 spiro atoms. The number of nitrogens with zero attached hydrogens (tertiary/aromatic N) is 2. The van der Waals surface area contributed by atoms with Crippen LogP contribution in [-0.4, -0.2) is 60.3 Å². The van der Waals surface area contributed by atoms with Crippen molar-refractivity contribution in [2.24, 2.45) is 0 Å². The summed E-state index contributed by atoms with van der Waals surface area (Å²) in [6.07, 6.45) is 2.16. The standard InChI is InChI=1S/C17H26N2O2/c1-2-21-17-8-4-3-7-15(17)16(20)13-18-10-11-19-9-5-6-14(19)12-18/h3-4,7-8,14,16,20H,2,5-6,9-13H2,1H3. The Morgan fingerprint density at radius 2 is 2.14 bits per heavy atom. The molecule has 2 heterocycles. The Kier molecular flexibility index (Phi) is 4.78. The average molecular weight is 290 g/mol. The van der Waals surface area contributed by atoms with E-state index in [1.54, 1.807) is 0 Å². The molecule has 21 heavy (non-hydrogen) atoms. The SMILES string of the molecule is CCOc1ccccc1C(O)CN1CCN2CCCC2C1. The normalized spacial score (nSPS) is 24.8. The van der Waals surface area contributed by atoms with Crippen LogP contribution in [0.3, 0.4) is 0 Å². The summed E-state index contributed by atoms with van der Waals surface area (Å²) in [4.78, 5) is 5.00. The molecule has 1 N–H and O–H groups in total. The summed E-state index contributed by atoms with van der Waals surface area (Å²) in [5.41, 5.74) is 0.910. The highest BCUT2D eigenvalue weighted by atomic mass is 16.5. The van der Waals surface area contributed by atoms with Crippen molar-refractivity contribution in [3.05, 3.63) is 29.8 Å². The van der Waals surface area contributed by atoms with Gasteiger partial charge in [0.2, 0.25) is 0 Å². The lowest BCUT2D eigenvalue weighted by molar-refractivity contribution is 0.0555. The average Bonchev–Trinajstić information content (AvgIpc) is 2.95. The fourth-order valence-corrected chi connectivity index (χ4v) is 3.61. The Balaban J connectivity index is 1.62. The van der Waals surface area contributed by atoms with Crippen molar-refractivity contribution in [1.29, 1.82) is 0 Å². The molecule has 4 nitrogen and oxygen atoms in total. The molecule has 4 heteroatoms. The Morgan fingerprint density at radius 3 is 3.00 bits per heavy atom. The summed E-state index contributed by atoms with van der Waals surface area (Å²) < 4.78 is 5.63. The molecule has 2 aliphatic rings. The van der Waals surface area contributed by atoms with E-state index in [2.05, 4.69) is 9.80 Å². The number of hydrogen-bond acceptors (Lipinski definition) is 4. The second-order valence-corrected chi connectivity index (χ2v) is 6.08.